The van der Waals surface area contributed by atoms with Crippen LogP contribution in [0.5, 0.6) is 0 Å². The average molecular weight is 324 g/mol. The fourth-order valence-corrected chi connectivity index (χ4v) is 2.39. The molecule has 0 aliphatic carbocycles. The number of nitro groups is 1. The van der Waals surface area contributed by atoms with Crippen molar-refractivity contribution in [2.75, 3.05) is 30.8 Å². The van der Waals surface area contributed by atoms with Gasteiger partial charge in [-0.2, -0.15) is 0 Å². The summed E-state index contributed by atoms with van der Waals surface area (Å²) in [5, 5.41) is 14.5. The third kappa shape index (κ3) is 3.70. The van der Waals surface area contributed by atoms with Gasteiger partial charge in [-0.25, -0.2) is 4.98 Å². The van der Waals surface area contributed by atoms with Crippen LogP contribution >= 0.6 is 0 Å². The molecule has 0 atom stereocenters. The van der Waals surface area contributed by atoms with Crippen LogP contribution in [0.1, 0.15) is 32.0 Å². The van der Waals surface area contributed by atoms with E-state index in [1.165, 1.54) is 0 Å². The Bertz CT molecular complexity index is 620. The molecule has 1 aliphatic rings. The first-order chi connectivity index (χ1) is 10.5. The maximum absolute atomic E-state index is 11.3. The minimum Gasteiger partial charge on any atom is -0.378 e. The number of aromatic nitrogens is 1. The predicted octanol–water partition coefficient (Wildman–Crippen LogP) is 2.39. The van der Waals surface area contributed by atoms with Crippen molar-refractivity contribution in [1.29, 1.82) is 0 Å². The Morgan fingerprint density at radius 3 is 2.39 bits per heavy atom. The van der Waals surface area contributed by atoms with E-state index < -0.39 is 10.7 Å². The van der Waals surface area contributed by atoms with Crippen molar-refractivity contribution < 1.29 is 14.4 Å². The van der Waals surface area contributed by atoms with Gasteiger partial charge >= 0.3 is 5.69 Å². The first-order valence-electron chi connectivity index (χ1n) is 7.47. The van der Waals surface area contributed by atoms with E-state index in [1.54, 1.807) is 13.8 Å². The Hall–Kier alpha value is -1.93. The maximum Gasteiger partial charge on any atom is 0.334 e. The molecule has 0 radical (unpaired) electrons. The molecule has 2 rings (SSSR count). The molecule has 3 N–H and O–H groups in total. The number of hydrogen-bond acceptors (Lipinski definition) is 7. The number of anilines is 2. The number of nitrogens with one attached hydrogen (secondary N) is 1. The van der Waals surface area contributed by atoms with Crippen molar-refractivity contribution in [3.05, 3.63) is 21.4 Å². The zero-order valence-electron chi connectivity index (χ0n) is 14.2. The fraction of sp³-hybridized carbons (Fsp3) is 0.667. The number of rotatable bonds is 4. The monoisotopic (exact) mass is 324 g/mol. The summed E-state index contributed by atoms with van der Waals surface area (Å²) in [5.41, 5.74) is 7.04. The Kier molecular flexibility index (Phi) is 4.50. The van der Waals surface area contributed by atoms with E-state index in [2.05, 4.69) is 10.3 Å². The molecule has 0 spiro atoms. The first-order valence-corrected chi connectivity index (χ1v) is 7.47. The largest absolute Gasteiger partial charge is 0.378 e. The van der Waals surface area contributed by atoms with Gasteiger partial charge < -0.3 is 20.5 Å². The van der Waals surface area contributed by atoms with E-state index in [9.17, 15) is 10.1 Å². The summed E-state index contributed by atoms with van der Waals surface area (Å²) in [7, 11) is 0. The van der Waals surface area contributed by atoms with Gasteiger partial charge in [0.2, 0.25) is 5.82 Å². The van der Waals surface area contributed by atoms with Crippen molar-refractivity contribution in [3.8, 4) is 0 Å². The quantitative estimate of drug-likeness (QED) is 0.646. The molecule has 8 heteroatoms. The van der Waals surface area contributed by atoms with E-state index in [4.69, 9.17) is 15.2 Å². The first kappa shape index (κ1) is 17.4. The van der Waals surface area contributed by atoms with Gasteiger partial charge in [-0.05, 0) is 27.7 Å². The lowest BCUT2D eigenvalue weighted by Gasteiger charge is -2.41. The summed E-state index contributed by atoms with van der Waals surface area (Å²) in [4.78, 5) is 14.8. The highest BCUT2D eigenvalue weighted by atomic mass is 16.7. The third-order valence-electron chi connectivity index (χ3n) is 4.10. The molecule has 2 heterocycles. The van der Waals surface area contributed by atoms with E-state index in [0.29, 0.717) is 36.7 Å². The van der Waals surface area contributed by atoms with Crippen molar-refractivity contribution >= 4 is 17.2 Å². The predicted molar refractivity (Wildman–Crippen MR) is 87.4 cm³/mol. The molecule has 1 aromatic heterocycles. The number of ether oxygens (including phenoxy) is 2. The van der Waals surface area contributed by atoms with Crippen molar-refractivity contribution in [2.45, 2.75) is 40.4 Å². The highest BCUT2D eigenvalue weighted by molar-refractivity contribution is 5.75. The van der Waals surface area contributed by atoms with E-state index in [-0.39, 0.29) is 16.9 Å². The molecule has 1 aromatic rings. The second kappa shape index (κ2) is 5.93. The number of pyridine rings is 1. The topological polar surface area (TPSA) is 113 Å². The molecule has 0 amide bonds. The molecule has 1 saturated heterocycles. The Balaban J connectivity index is 2.22. The molecule has 0 unspecified atom stereocenters. The second-order valence-electron chi connectivity index (χ2n) is 6.83. The SMILES string of the molecule is Cc1nc(N)c([N+](=O)[O-])c(NCC2(C)COC(C)(C)OC2)c1C. The minimum atomic E-state index is -0.598. The molecule has 0 saturated carbocycles. The standard InChI is InChI=1S/C15H24N4O4/c1-9-10(2)18-13(16)12(19(20)21)11(9)17-6-15(5)7-22-14(3,4)23-8-15/h6-8H2,1-5H3,(H3,16,17,18). The lowest BCUT2D eigenvalue weighted by Crippen LogP contribution is -2.48. The minimum absolute atomic E-state index is 0.0805. The summed E-state index contributed by atoms with van der Waals surface area (Å²) in [6.07, 6.45) is 0. The van der Waals surface area contributed by atoms with Crippen LogP contribution in [0.3, 0.4) is 0 Å². The van der Waals surface area contributed by atoms with Gasteiger partial charge in [-0.15, -0.1) is 0 Å². The van der Waals surface area contributed by atoms with Gasteiger partial charge in [0.05, 0.1) is 18.1 Å². The number of nitrogens with zero attached hydrogens (tertiary/aromatic N) is 2. The Labute approximate surface area is 135 Å². The number of hydrogen-bond donors (Lipinski definition) is 2. The van der Waals surface area contributed by atoms with Crippen molar-refractivity contribution in [3.63, 3.8) is 0 Å². The Morgan fingerprint density at radius 2 is 1.87 bits per heavy atom. The fourth-order valence-electron chi connectivity index (χ4n) is 2.39. The summed E-state index contributed by atoms with van der Waals surface area (Å²) >= 11 is 0. The number of aryl methyl sites for hydroxylation is 1. The summed E-state index contributed by atoms with van der Waals surface area (Å²) in [6, 6.07) is 0. The molecule has 1 aliphatic heterocycles. The van der Waals surface area contributed by atoms with Gasteiger partial charge in [0.25, 0.3) is 0 Å². The van der Waals surface area contributed by atoms with Crippen LogP contribution in [0.4, 0.5) is 17.2 Å². The van der Waals surface area contributed by atoms with Crippen molar-refractivity contribution in [1.82, 2.24) is 4.98 Å². The van der Waals surface area contributed by atoms with Gasteiger partial charge in [0.1, 0.15) is 5.69 Å². The number of nitrogen functional groups attached to an aromatic ring is 1. The zero-order valence-corrected chi connectivity index (χ0v) is 14.2. The zero-order chi connectivity index (χ0) is 17.4. The van der Waals surface area contributed by atoms with Crippen LogP contribution in [-0.2, 0) is 9.47 Å². The van der Waals surface area contributed by atoms with Gasteiger partial charge in [0, 0.05) is 23.2 Å². The summed E-state index contributed by atoms with van der Waals surface area (Å²) < 4.78 is 11.4. The normalized spacial score (nSPS) is 19.3. The number of nitrogens with two attached hydrogens (primary N) is 1. The lowest BCUT2D eigenvalue weighted by molar-refractivity contribution is -0.383. The highest BCUT2D eigenvalue weighted by Crippen LogP contribution is 2.36. The molecular formula is C15H24N4O4. The van der Waals surface area contributed by atoms with Crippen LogP contribution in [0.25, 0.3) is 0 Å². The maximum atomic E-state index is 11.3. The third-order valence-corrected chi connectivity index (χ3v) is 4.10. The molecule has 128 valence electrons. The molecule has 0 aromatic carbocycles. The molecule has 0 bridgehead atoms. The van der Waals surface area contributed by atoms with E-state index >= 15 is 0 Å². The van der Waals surface area contributed by atoms with Gasteiger partial charge in [0.15, 0.2) is 5.79 Å². The molecule has 1 fully saturated rings. The molecular weight excluding hydrogens is 300 g/mol. The van der Waals surface area contributed by atoms with E-state index in [1.807, 2.05) is 20.8 Å². The van der Waals surface area contributed by atoms with Crippen molar-refractivity contribution in [2.24, 2.45) is 5.41 Å². The van der Waals surface area contributed by atoms with Crippen LogP contribution in [0, 0.1) is 29.4 Å². The van der Waals surface area contributed by atoms with E-state index in [0.717, 1.165) is 0 Å². The highest BCUT2D eigenvalue weighted by Gasteiger charge is 2.37. The smallest absolute Gasteiger partial charge is 0.334 e. The Morgan fingerprint density at radius 1 is 1.30 bits per heavy atom. The van der Waals surface area contributed by atoms with Gasteiger partial charge in [-0.1, -0.05) is 6.92 Å². The van der Waals surface area contributed by atoms with Crippen LogP contribution < -0.4 is 11.1 Å². The second-order valence-corrected chi connectivity index (χ2v) is 6.83. The lowest BCUT2D eigenvalue weighted by atomic mass is 9.91. The molecule has 8 nitrogen and oxygen atoms in total. The summed E-state index contributed by atoms with van der Waals surface area (Å²) in [6.45, 7) is 10.8. The summed E-state index contributed by atoms with van der Waals surface area (Å²) in [5.74, 6) is -0.679. The van der Waals surface area contributed by atoms with Crippen LogP contribution in [0.2, 0.25) is 0 Å². The average Bonchev–Trinajstić information content (AvgIpc) is 2.44. The van der Waals surface area contributed by atoms with Crippen LogP contribution in [-0.4, -0.2) is 35.5 Å². The van der Waals surface area contributed by atoms with Gasteiger partial charge in [-0.3, -0.25) is 10.1 Å². The molecule has 23 heavy (non-hydrogen) atoms. The van der Waals surface area contributed by atoms with Crippen LogP contribution in [0.15, 0.2) is 0 Å².